The van der Waals surface area contributed by atoms with Gasteiger partial charge in [-0.3, -0.25) is 0 Å². The molecule has 0 rings (SSSR count). The van der Waals surface area contributed by atoms with Crippen LogP contribution in [0, 0.1) is 0 Å². The Morgan fingerprint density at radius 3 is 1.53 bits per heavy atom. The zero-order valence-corrected chi connectivity index (χ0v) is 10.5. The van der Waals surface area contributed by atoms with Crippen LogP contribution in [0.3, 0.4) is 0 Å². The fourth-order valence-corrected chi connectivity index (χ4v) is 2.15. The number of hydrogen-bond donors (Lipinski definition) is 0. The van der Waals surface area contributed by atoms with Crippen molar-refractivity contribution in [3.8, 4) is 0 Å². The second-order valence-corrected chi connectivity index (χ2v) is 5.61. The van der Waals surface area contributed by atoms with E-state index in [9.17, 15) is 13.0 Å². The molecule has 15 heavy (non-hydrogen) atoms. The van der Waals surface area contributed by atoms with Gasteiger partial charge in [-0.15, -0.1) is 0 Å². The summed E-state index contributed by atoms with van der Waals surface area (Å²) in [6, 6.07) is 0. The van der Waals surface area contributed by atoms with Crippen molar-refractivity contribution in [2.45, 2.75) is 64.7 Å². The summed E-state index contributed by atoms with van der Waals surface area (Å²) in [5, 5.41) is 0. The molecule has 1 radical (unpaired) electrons. The standard InChI is InChI=1S/C11H23O3S/c1-2-3-4-5-6-7-8-9-10-11-15(12,13)14/h2-11H2,1H3. The third-order valence-corrected chi connectivity index (χ3v) is 3.29. The third kappa shape index (κ3) is 13.9. The van der Waals surface area contributed by atoms with E-state index in [2.05, 4.69) is 6.92 Å². The first-order valence-electron chi connectivity index (χ1n) is 6.00. The smallest absolute Gasteiger partial charge is 0.197 e. The molecular formula is C11H23O3S. The van der Waals surface area contributed by atoms with Gasteiger partial charge in [0.15, 0.2) is 0 Å². The number of rotatable bonds is 10. The van der Waals surface area contributed by atoms with Crippen molar-refractivity contribution in [1.29, 1.82) is 0 Å². The van der Waals surface area contributed by atoms with Gasteiger partial charge < -0.3 is 0 Å². The minimum absolute atomic E-state index is 0.192. The van der Waals surface area contributed by atoms with E-state index >= 15 is 0 Å². The summed E-state index contributed by atoms with van der Waals surface area (Å²) in [5.74, 6) is -0.192. The van der Waals surface area contributed by atoms with Crippen LogP contribution in [-0.4, -0.2) is 14.2 Å². The van der Waals surface area contributed by atoms with Crippen LogP contribution >= 0.6 is 0 Å². The molecule has 0 saturated carbocycles. The minimum atomic E-state index is -3.98. The molecule has 0 atom stereocenters. The lowest BCUT2D eigenvalue weighted by Crippen LogP contribution is -2.01. The summed E-state index contributed by atoms with van der Waals surface area (Å²) in [5.41, 5.74) is 0. The lowest BCUT2D eigenvalue weighted by atomic mass is 10.1. The fraction of sp³-hybridized carbons (Fsp3) is 1.00. The van der Waals surface area contributed by atoms with Crippen LogP contribution in [0.4, 0.5) is 0 Å². The van der Waals surface area contributed by atoms with Crippen molar-refractivity contribution < 1.29 is 13.0 Å². The van der Waals surface area contributed by atoms with Crippen molar-refractivity contribution in [1.82, 2.24) is 0 Å². The van der Waals surface area contributed by atoms with Crippen LogP contribution in [-0.2, 0) is 14.7 Å². The van der Waals surface area contributed by atoms with E-state index in [1.165, 1.54) is 38.5 Å². The van der Waals surface area contributed by atoms with Crippen LogP contribution in [0.15, 0.2) is 0 Å². The van der Waals surface area contributed by atoms with E-state index < -0.39 is 10.1 Å². The molecular weight excluding hydrogens is 212 g/mol. The predicted octanol–water partition coefficient (Wildman–Crippen LogP) is 3.28. The molecule has 0 aromatic carbocycles. The Labute approximate surface area is 94.0 Å². The molecule has 0 amide bonds. The molecule has 0 aliphatic heterocycles. The summed E-state index contributed by atoms with van der Waals surface area (Å²) in [7, 11) is -3.98. The van der Waals surface area contributed by atoms with Gasteiger partial charge in [-0.25, -0.2) is 0 Å². The molecule has 0 saturated heterocycles. The van der Waals surface area contributed by atoms with E-state index in [1.54, 1.807) is 0 Å². The molecule has 4 heteroatoms. The summed E-state index contributed by atoms with van der Waals surface area (Å²) >= 11 is 0. The highest BCUT2D eigenvalue weighted by Gasteiger charge is 2.04. The predicted molar refractivity (Wildman–Crippen MR) is 61.7 cm³/mol. The first-order chi connectivity index (χ1) is 7.06. The molecule has 0 heterocycles. The highest BCUT2D eigenvalue weighted by Crippen LogP contribution is 2.09. The lowest BCUT2D eigenvalue weighted by Gasteiger charge is -2.00. The Hall–Kier alpha value is -0.0900. The summed E-state index contributed by atoms with van der Waals surface area (Å²) < 4.78 is 30.8. The Kier molecular flexibility index (Phi) is 9.10. The zero-order valence-electron chi connectivity index (χ0n) is 9.70. The molecule has 0 aromatic heterocycles. The minimum Gasteiger partial charge on any atom is -0.197 e. The number of unbranched alkanes of at least 4 members (excludes halogenated alkanes) is 8. The molecule has 91 valence electrons. The van der Waals surface area contributed by atoms with Crippen LogP contribution in [0.2, 0.25) is 0 Å². The normalized spacial score (nSPS) is 11.9. The SMILES string of the molecule is CCCCCCCCCCCS([O])(=O)=O. The van der Waals surface area contributed by atoms with Crippen LogP contribution in [0.1, 0.15) is 64.7 Å². The van der Waals surface area contributed by atoms with E-state index in [0.717, 1.165) is 12.8 Å². The van der Waals surface area contributed by atoms with E-state index in [-0.39, 0.29) is 5.75 Å². The van der Waals surface area contributed by atoms with Gasteiger partial charge in [0.2, 0.25) is 0 Å². The molecule has 0 spiro atoms. The van der Waals surface area contributed by atoms with Crippen molar-refractivity contribution in [2.24, 2.45) is 0 Å². The van der Waals surface area contributed by atoms with Gasteiger partial charge in [0.1, 0.15) is 0 Å². The molecule has 0 N–H and O–H groups in total. The summed E-state index contributed by atoms with van der Waals surface area (Å²) in [6.07, 6.45) is 10.0. The Morgan fingerprint density at radius 1 is 0.733 bits per heavy atom. The highest BCUT2D eigenvalue weighted by molar-refractivity contribution is 7.85. The monoisotopic (exact) mass is 235 g/mol. The maximum Gasteiger partial charge on any atom is 0.294 e. The lowest BCUT2D eigenvalue weighted by molar-refractivity contribution is 0.412. The van der Waals surface area contributed by atoms with Gasteiger partial charge in [-0.1, -0.05) is 62.8 Å². The highest BCUT2D eigenvalue weighted by atomic mass is 32.2. The van der Waals surface area contributed by atoms with E-state index in [1.807, 2.05) is 0 Å². The van der Waals surface area contributed by atoms with Crippen molar-refractivity contribution in [3.63, 3.8) is 0 Å². The fourth-order valence-electron chi connectivity index (χ4n) is 1.59. The van der Waals surface area contributed by atoms with E-state index in [4.69, 9.17) is 0 Å². The average Bonchev–Trinajstić information content (AvgIpc) is 2.14. The second kappa shape index (κ2) is 9.16. The van der Waals surface area contributed by atoms with Crippen LogP contribution < -0.4 is 0 Å². The Bertz CT molecular complexity index is 222. The molecule has 0 fully saturated rings. The third-order valence-electron chi connectivity index (χ3n) is 2.50. The quantitative estimate of drug-likeness (QED) is 0.546. The molecule has 3 nitrogen and oxygen atoms in total. The van der Waals surface area contributed by atoms with E-state index in [0.29, 0.717) is 6.42 Å². The van der Waals surface area contributed by atoms with Gasteiger partial charge in [-0.05, 0) is 6.42 Å². The zero-order chi connectivity index (χ0) is 11.6. The summed E-state index contributed by atoms with van der Waals surface area (Å²) in [6.45, 7) is 2.20. The van der Waals surface area contributed by atoms with Crippen LogP contribution in [0.25, 0.3) is 0 Å². The molecule has 0 aliphatic rings. The average molecular weight is 235 g/mol. The number of hydrogen-bond acceptors (Lipinski definition) is 2. The Balaban J connectivity index is 3.06. The molecule has 0 aliphatic carbocycles. The van der Waals surface area contributed by atoms with Gasteiger partial charge in [0.25, 0.3) is 10.1 Å². The van der Waals surface area contributed by atoms with Crippen LogP contribution in [0.5, 0.6) is 0 Å². The molecule has 0 bridgehead atoms. The Morgan fingerprint density at radius 2 is 1.13 bits per heavy atom. The van der Waals surface area contributed by atoms with Gasteiger partial charge in [0, 0.05) is 0 Å². The second-order valence-electron chi connectivity index (χ2n) is 4.09. The summed E-state index contributed by atoms with van der Waals surface area (Å²) in [4.78, 5) is 0. The first-order valence-corrected chi connectivity index (χ1v) is 7.57. The maximum absolute atomic E-state index is 10.3. The largest absolute Gasteiger partial charge is 0.294 e. The van der Waals surface area contributed by atoms with Gasteiger partial charge in [0.05, 0.1) is 5.75 Å². The maximum atomic E-state index is 10.3. The van der Waals surface area contributed by atoms with Crippen molar-refractivity contribution in [3.05, 3.63) is 0 Å². The first kappa shape index (κ1) is 14.9. The van der Waals surface area contributed by atoms with Crippen molar-refractivity contribution >= 4 is 10.1 Å². The molecule has 0 unspecified atom stereocenters. The molecule has 0 aromatic rings. The van der Waals surface area contributed by atoms with Gasteiger partial charge in [-0.2, -0.15) is 8.42 Å². The topological polar surface area (TPSA) is 54.0 Å². The van der Waals surface area contributed by atoms with Gasteiger partial charge >= 0.3 is 0 Å². The van der Waals surface area contributed by atoms with Crippen molar-refractivity contribution in [2.75, 3.05) is 5.75 Å².